The monoisotopic (exact) mass is 468 g/mol. The number of anilines is 1. The molecule has 180 valence electrons. The maximum Gasteiger partial charge on any atom is 0.161 e. The van der Waals surface area contributed by atoms with Gasteiger partial charge in [0, 0.05) is 31.0 Å². The maximum absolute atomic E-state index is 9.04. The fourth-order valence-corrected chi connectivity index (χ4v) is 4.59. The van der Waals surface area contributed by atoms with Gasteiger partial charge in [-0.1, -0.05) is 18.2 Å². The summed E-state index contributed by atoms with van der Waals surface area (Å²) in [6, 6.07) is 20.8. The molecule has 0 radical (unpaired) electrons. The summed E-state index contributed by atoms with van der Waals surface area (Å²) in [7, 11) is 3.48. The first kappa shape index (κ1) is 24.2. The molecule has 1 aliphatic rings. The highest BCUT2D eigenvalue weighted by Crippen LogP contribution is 2.37. The van der Waals surface area contributed by atoms with Gasteiger partial charge in [-0.05, 0) is 85.2 Å². The Balaban J connectivity index is 1.70. The minimum absolute atomic E-state index is 0.0916. The second-order valence-corrected chi connectivity index (χ2v) is 8.73. The number of benzene rings is 2. The molecular weight excluding hydrogens is 436 g/mol. The lowest BCUT2D eigenvalue weighted by atomic mass is 9.85. The van der Waals surface area contributed by atoms with Crippen molar-refractivity contribution in [3.63, 3.8) is 0 Å². The predicted molar refractivity (Wildman–Crippen MR) is 138 cm³/mol. The van der Waals surface area contributed by atoms with Crippen LogP contribution < -0.4 is 20.1 Å². The third-order valence-electron chi connectivity index (χ3n) is 6.42. The average molecular weight is 469 g/mol. The standard InChI is InChI=1S/C29H32N4O2/c1-31-29(12-15-30)33-24-7-5-6-22(19-24)26(18-21-13-16-32-17-14-21)23-10-11-27(34-2)28(20-23)35-25-8-3-4-9-25/h5-7,10-14,16-17,19-20,25-26,31,33H,3-4,8-9,18H2,1-2H3/b29-12+. The van der Waals surface area contributed by atoms with Gasteiger partial charge in [-0.15, -0.1) is 0 Å². The number of methoxy groups -OCH3 is 1. The summed E-state index contributed by atoms with van der Waals surface area (Å²) in [6.45, 7) is 0. The van der Waals surface area contributed by atoms with Gasteiger partial charge in [-0.2, -0.15) is 5.26 Å². The van der Waals surface area contributed by atoms with Crippen LogP contribution in [-0.4, -0.2) is 25.2 Å². The van der Waals surface area contributed by atoms with Gasteiger partial charge in [0.05, 0.1) is 25.4 Å². The van der Waals surface area contributed by atoms with Crippen LogP contribution in [0.1, 0.15) is 48.3 Å². The first-order chi connectivity index (χ1) is 17.2. The number of hydrogen-bond donors (Lipinski definition) is 2. The summed E-state index contributed by atoms with van der Waals surface area (Å²) in [6.07, 6.45) is 10.8. The van der Waals surface area contributed by atoms with E-state index in [2.05, 4.69) is 58.1 Å². The highest BCUT2D eigenvalue weighted by molar-refractivity contribution is 5.54. The van der Waals surface area contributed by atoms with Crippen molar-refractivity contribution in [2.24, 2.45) is 0 Å². The van der Waals surface area contributed by atoms with E-state index in [4.69, 9.17) is 14.7 Å². The Hall–Kier alpha value is -3.98. The first-order valence-corrected chi connectivity index (χ1v) is 12.1. The summed E-state index contributed by atoms with van der Waals surface area (Å²) in [4.78, 5) is 4.18. The van der Waals surface area contributed by atoms with Crippen molar-refractivity contribution in [3.05, 3.63) is 95.6 Å². The molecule has 1 atom stereocenters. The van der Waals surface area contributed by atoms with Crippen LogP contribution in [0.3, 0.4) is 0 Å². The van der Waals surface area contributed by atoms with E-state index in [1.54, 1.807) is 14.2 Å². The lowest BCUT2D eigenvalue weighted by Gasteiger charge is -2.22. The van der Waals surface area contributed by atoms with Crippen molar-refractivity contribution in [2.45, 2.75) is 44.1 Å². The molecule has 4 rings (SSSR count). The second kappa shape index (κ2) is 11.9. The van der Waals surface area contributed by atoms with Gasteiger partial charge < -0.3 is 20.1 Å². The van der Waals surface area contributed by atoms with E-state index >= 15 is 0 Å². The van der Waals surface area contributed by atoms with E-state index in [9.17, 15) is 0 Å². The molecule has 6 heteroatoms. The zero-order valence-electron chi connectivity index (χ0n) is 20.3. The Morgan fingerprint density at radius 1 is 1.09 bits per heavy atom. The number of hydrogen-bond acceptors (Lipinski definition) is 6. The van der Waals surface area contributed by atoms with Gasteiger partial charge in [0.25, 0.3) is 0 Å². The third kappa shape index (κ3) is 6.33. The van der Waals surface area contributed by atoms with E-state index < -0.39 is 0 Å². The highest BCUT2D eigenvalue weighted by atomic mass is 16.5. The number of rotatable bonds is 10. The van der Waals surface area contributed by atoms with Gasteiger partial charge in [-0.25, -0.2) is 0 Å². The smallest absolute Gasteiger partial charge is 0.161 e. The van der Waals surface area contributed by atoms with Crippen LogP contribution in [0.4, 0.5) is 5.69 Å². The Bertz CT molecular complexity index is 1180. The number of nitrogens with one attached hydrogen (secondary N) is 2. The average Bonchev–Trinajstić information content (AvgIpc) is 3.41. The van der Waals surface area contributed by atoms with E-state index in [-0.39, 0.29) is 12.0 Å². The molecule has 1 fully saturated rings. The zero-order valence-corrected chi connectivity index (χ0v) is 20.3. The molecule has 1 heterocycles. The van der Waals surface area contributed by atoms with Crippen LogP contribution in [0.15, 0.2) is 78.9 Å². The van der Waals surface area contributed by atoms with Gasteiger partial charge >= 0.3 is 0 Å². The summed E-state index contributed by atoms with van der Waals surface area (Å²) in [5.74, 6) is 2.31. The number of nitriles is 1. The molecule has 0 aliphatic heterocycles. The highest BCUT2D eigenvalue weighted by Gasteiger charge is 2.22. The van der Waals surface area contributed by atoms with Gasteiger partial charge in [0.2, 0.25) is 0 Å². The van der Waals surface area contributed by atoms with Crippen molar-refractivity contribution < 1.29 is 9.47 Å². The molecule has 2 N–H and O–H groups in total. The number of aromatic nitrogens is 1. The lowest BCUT2D eigenvalue weighted by Crippen LogP contribution is -2.15. The minimum atomic E-state index is 0.0916. The molecule has 0 saturated heterocycles. The second-order valence-electron chi connectivity index (χ2n) is 8.73. The Morgan fingerprint density at radius 2 is 1.86 bits per heavy atom. The molecule has 0 spiro atoms. The summed E-state index contributed by atoms with van der Waals surface area (Å²) in [5.41, 5.74) is 4.44. The quantitative estimate of drug-likeness (QED) is 0.367. The zero-order chi connectivity index (χ0) is 24.5. The summed E-state index contributed by atoms with van der Waals surface area (Å²) < 4.78 is 12.0. The molecule has 1 aromatic heterocycles. The van der Waals surface area contributed by atoms with Crippen molar-refractivity contribution in [1.82, 2.24) is 10.3 Å². The first-order valence-electron chi connectivity index (χ1n) is 12.1. The molecule has 0 bridgehead atoms. The van der Waals surface area contributed by atoms with E-state index in [1.165, 1.54) is 24.5 Å². The molecule has 0 amide bonds. The molecular formula is C29H32N4O2. The number of pyridine rings is 1. The van der Waals surface area contributed by atoms with Gasteiger partial charge in [0.1, 0.15) is 5.82 Å². The maximum atomic E-state index is 9.04. The topological polar surface area (TPSA) is 79.2 Å². The van der Waals surface area contributed by atoms with Crippen molar-refractivity contribution in [2.75, 3.05) is 19.5 Å². The largest absolute Gasteiger partial charge is 0.493 e. The van der Waals surface area contributed by atoms with Crippen LogP contribution in [0, 0.1) is 11.3 Å². The molecule has 1 saturated carbocycles. The number of ether oxygens (including phenoxy) is 2. The van der Waals surface area contributed by atoms with E-state index in [0.717, 1.165) is 47.6 Å². The van der Waals surface area contributed by atoms with E-state index in [0.29, 0.717) is 5.82 Å². The van der Waals surface area contributed by atoms with Crippen LogP contribution in [0.25, 0.3) is 0 Å². The number of allylic oxidation sites excluding steroid dienone is 1. The summed E-state index contributed by atoms with van der Waals surface area (Å²) in [5, 5.41) is 15.3. The minimum Gasteiger partial charge on any atom is -0.493 e. The molecule has 1 unspecified atom stereocenters. The van der Waals surface area contributed by atoms with Crippen LogP contribution in [0.2, 0.25) is 0 Å². The van der Waals surface area contributed by atoms with Crippen LogP contribution >= 0.6 is 0 Å². The molecule has 35 heavy (non-hydrogen) atoms. The van der Waals surface area contributed by atoms with Crippen LogP contribution in [0.5, 0.6) is 11.5 Å². The molecule has 6 nitrogen and oxygen atoms in total. The Morgan fingerprint density at radius 3 is 2.57 bits per heavy atom. The normalized spacial score (nSPS) is 14.7. The fourth-order valence-electron chi connectivity index (χ4n) is 4.59. The van der Waals surface area contributed by atoms with Crippen molar-refractivity contribution in [3.8, 4) is 17.6 Å². The summed E-state index contributed by atoms with van der Waals surface area (Å²) >= 11 is 0. The SMILES string of the molecule is CN/C(=C\C#N)Nc1cccc(C(Cc2ccncc2)c2ccc(OC)c(OC3CCCC3)c2)c1. The van der Waals surface area contributed by atoms with Gasteiger partial charge in [-0.3, -0.25) is 4.98 Å². The number of nitrogens with zero attached hydrogens (tertiary/aromatic N) is 2. The Labute approximate surface area is 207 Å². The lowest BCUT2D eigenvalue weighted by molar-refractivity contribution is 0.200. The molecule has 3 aromatic rings. The fraction of sp³-hybridized carbons (Fsp3) is 0.310. The molecule has 1 aliphatic carbocycles. The Kier molecular flexibility index (Phi) is 8.24. The van der Waals surface area contributed by atoms with Gasteiger partial charge in [0.15, 0.2) is 11.5 Å². The third-order valence-corrected chi connectivity index (χ3v) is 6.42. The van der Waals surface area contributed by atoms with E-state index in [1.807, 2.05) is 30.6 Å². The van der Waals surface area contributed by atoms with Crippen molar-refractivity contribution in [1.29, 1.82) is 5.26 Å². The predicted octanol–water partition coefficient (Wildman–Crippen LogP) is 5.78. The van der Waals surface area contributed by atoms with Crippen LogP contribution in [-0.2, 0) is 6.42 Å². The molecule has 2 aromatic carbocycles. The van der Waals surface area contributed by atoms with Crippen molar-refractivity contribution >= 4 is 5.69 Å².